The highest BCUT2D eigenvalue weighted by atomic mass is 19.1. The Balaban J connectivity index is 2.13. The fourth-order valence-corrected chi connectivity index (χ4v) is 2.93. The molecule has 0 spiro atoms. The standard InChI is InChI=1S/C17H24FN3/c1-10-7-15(8-11(2)17(10)18)9-19-12(3)16-13(4)20-21(6)14(16)5/h7-8,12,19H,9H2,1-6H3. The van der Waals surface area contributed by atoms with E-state index in [9.17, 15) is 4.39 Å². The van der Waals surface area contributed by atoms with Gasteiger partial charge < -0.3 is 5.32 Å². The molecule has 1 aromatic heterocycles. The second kappa shape index (κ2) is 5.98. The molecule has 21 heavy (non-hydrogen) atoms. The molecular formula is C17H24FN3. The summed E-state index contributed by atoms with van der Waals surface area (Å²) in [6.07, 6.45) is 0. The van der Waals surface area contributed by atoms with Crippen molar-refractivity contribution in [1.29, 1.82) is 0 Å². The van der Waals surface area contributed by atoms with Gasteiger partial charge in [0, 0.05) is 30.9 Å². The Hall–Kier alpha value is -1.68. The molecule has 0 aliphatic carbocycles. The quantitative estimate of drug-likeness (QED) is 0.931. The number of hydrogen-bond acceptors (Lipinski definition) is 2. The minimum atomic E-state index is -0.106. The van der Waals surface area contributed by atoms with Crippen molar-refractivity contribution in [2.24, 2.45) is 7.05 Å². The summed E-state index contributed by atoms with van der Waals surface area (Å²) in [7, 11) is 1.96. The van der Waals surface area contributed by atoms with E-state index >= 15 is 0 Å². The topological polar surface area (TPSA) is 29.9 Å². The van der Waals surface area contributed by atoms with Crippen molar-refractivity contribution in [3.8, 4) is 0 Å². The van der Waals surface area contributed by atoms with Crippen LogP contribution >= 0.6 is 0 Å². The van der Waals surface area contributed by atoms with Crippen LogP contribution in [0.2, 0.25) is 0 Å². The van der Waals surface area contributed by atoms with Crippen molar-refractivity contribution in [2.45, 2.75) is 47.2 Å². The third-order valence-corrected chi connectivity index (χ3v) is 4.11. The summed E-state index contributed by atoms with van der Waals surface area (Å²) in [5.41, 5.74) is 5.99. The maximum absolute atomic E-state index is 13.7. The Labute approximate surface area is 126 Å². The van der Waals surface area contributed by atoms with Crippen LogP contribution < -0.4 is 5.32 Å². The van der Waals surface area contributed by atoms with E-state index in [4.69, 9.17) is 0 Å². The van der Waals surface area contributed by atoms with Crippen LogP contribution in [-0.4, -0.2) is 9.78 Å². The Morgan fingerprint density at radius 2 is 1.76 bits per heavy atom. The van der Waals surface area contributed by atoms with Crippen LogP contribution in [0.15, 0.2) is 12.1 Å². The zero-order chi connectivity index (χ0) is 15.7. The summed E-state index contributed by atoms with van der Waals surface area (Å²) >= 11 is 0. The molecule has 0 saturated heterocycles. The average molecular weight is 289 g/mol. The molecule has 0 fully saturated rings. The van der Waals surface area contributed by atoms with E-state index in [1.165, 1.54) is 11.3 Å². The second-order valence-corrected chi connectivity index (χ2v) is 5.85. The highest BCUT2D eigenvalue weighted by molar-refractivity contribution is 5.31. The van der Waals surface area contributed by atoms with E-state index in [1.54, 1.807) is 0 Å². The van der Waals surface area contributed by atoms with E-state index < -0.39 is 0 Å². The fraction of sp³-hybridized carbons (Fsp3) is 0.471. The maximum atomic E-state index is 13.7. The lowest BCUT2D eigenvalue weighted by Crippen LogP contribution is -2.19. The van der Waals surface area contributed by atoms with Crippen molar-refractivity contribution in [1.82, 2.24) is 15.1 Å². The largest absolute Gasteiger partial charge is 0.306 e. The lowest BCUT2D eigenvalue weighted by molar-refractivity contribution is 0.565. The van der Waals surface area contributed by atoms with Crippen LogP contribution in [0.25, 0.3) is 0 Å². The molecule has 0 aliphatic rings. The Kier molecular flexibility index (Phi) is 4.47. The van der Waals surface area contributed by atoms with E-state index in [2.05, 4.69) is 24.3 Å². The van der Waals surface area contributed by atoms with Crippen molar-refractivity contribution in [3.63, 3.8) is 0 Å². The number of aromatic nitrogens is 2. The molecular weight excluding hydrogens is 265 g/mol. The molecule has 2 aromatic rings. The molecule has 114 valence electrons. The molecule has 1 heterocycles. The van der Waals surface area contributed by atoms with Crippen LogP contribution in [-0.2, 0) is 13.6 Å². The van der Waals surface area contributed by atoms with E-state index in [0.29, 0.717) is 11.1 Å². The van der Waals surface area contributed by atoms with Crippen molar-refractivity contribution < 1.29 is 4.39 Å². The lowest BCUT2D eigenvalue weighted by atomic mass is 10.0. The molecule has 1 atom stereocenters. The first-order chi connectivity index (χ1) is 9.81. The van der Waals surface area contributed by atoms with E-state index in [1.807, 2.05) is 44.6 Å². The van der Waals surface area contributed by atoms with Crippen molar-refractivity contribution in [3.05, 3.63) is 51.6 Å². The van der Waals surface area contributed by atoms with Gasteiger partial charge in [0.05, 0.1) is 5.69 Å². The van der Waals surface area contributed by atoms with E-state index in [0.717, 1.165) is 17.8 Å². The van der Waals surface area contributed by atoms with Gasteiger partial charge in [0.15, 0.2) is 0 Å². The van der Waals surface area contributed by atoms with Gasteiger partial charge in [-0.25, -0.2) is 4.39 Å². The summed E-state index contributed by atoms with van der Waals surface area (Å²) in [5, 5.41) is 7.96. The Morgan fingerprint density at radius 3 is 2.24 bits per heavy atom. The Morgan fingerprint density at radius 1 is 1.19 bits per heavy atom. The number of benzene rings is 1. The first kappa shape index (κ1) is 15.7. The number of rotatable bonds is 4. The third-order valence-electron chi connectivity index (χ3n) is 4.11. The van der Waals surface area contributed by atoms with Gasteiger partial charge in [-0.3, -0.25) is 4.68 Å². The molecule has 1 unspecified atom stereocenters. The van der Waals surface area contributed by atoms with Crippen LogP contribution in [0.1, 0.15) is 46.6 Å². The SMILES string of the molecule is Cc1cc(CNC(C)c2c(C)nn(C)c2C)cc(C)c1F. The predicted molar refractivity (Wildman–Crippen MR) is 83.8 cm³/mol. The molecule has 0 saturated carbocycles. The van der Waals surface area contributed by atoms with Gasteiger partial charge in [0.25, 0.3) is 0 Å². The molecule has 1 N–H and O–H groups in total. The number of nitrogens with one attached hydrogen (secondary N) is 1. The van der Waals surface area contributed by atoms with Crippen LogP contribution in [0.4, 0.5) is 4.39 Å². The van der Waals surface area contributed by atoms with Gasteiger partial charge in [-0.1, -0.05) is 12.1 Å². The summed E-state index contributed by atoms with van der Waals surface area (Å²) in [5.74, 6) is -0.106. The van der Waals surface area contributed by atoms with Crippen LogP contribution in [0, 0.1) is 33.5 Å². The predicted octanol–water partition coefficient (Wildman–Crippen LogP) is 3.64. The van der Waals surface area contributed by atoms with Gasteiger partial charge in [0.1, 0.15) is 5.82 Å². The zero-order valence-corrected chi connectivity index (χ0v) is 13.7. The third kappa shape index (κ3) is 3.16. The smallest absolute Gasteiger partial charge is 0.129 e. The molecule has 0 amide bonds. The van der Waals surface area contributed by atoms with Crippen molar-refractivity contribution in [2.75, 3.05) is 0 Å². The molecule has 0 radical (unpaired) electrons. The molecule has 4 heteroatoms. The maximum Gasteiger partial charge on any atom is 0.129 e. The molecule has 1 aromatic carbocycles. The molecule has 3 nitrogen and oxygen atoms in total. The molecule has 0 aliphatic heterocycles. The average Bonchev–Trinajstić information content (AvgIpc) is 2.66. The summed E-state index contributed by atoms with van der Waals surface area (Å²) in [4.78, 5) is 0. The minimum Gasteiger partial charge on any atom is -0.306 e. The number of aryl methyl sites for hydroxylation is 4. The van der Waals surface area contributed by atoms with Gasteiger partial charge in [-0.2, -0.15) is 5.10 Å². The summed E-state index contributed by atoms with van der Waals surface area (Å²) in [6.45, 7) is 10.6. The highest BCUT2D eigenvalue weighted by Crippen LogP contribution is 2.21. The lowest BCUT2D eigenvalue weighted by Gasteiger charge is -2.16. The number of hydrogen-bond donors (Lipinski definition) is 1. The molecule has 2 rings (SSSR count). The van der Waals surface area contributed by atoms with Gasteiger partial charge in [-0.05, 0) is 51.3 Å². The Bertz CT molecular complexity index is 635. The normalized spacial score (nSPS) is 12.7. The number of nitrogens with zero attached hydrogens (tertiary/aromatic N) is 2. The minimum absolute atomic E-state index is 0.106. The van der Waals surface area contributed by atoms with Gasteiger partial charge in [-0.15, -0.1) is 0 Å². The van der Waals surface area contributed by atoms with E-state index in [-0.39, 0.29) is 11.9 Å². The van der Waals surface area contributed by atoms with Gasteiger partial charge in [0.2, 0.25) is 0 Å². The monoisotopic (exact) mass is 289 g/mol. The first-order valence-corrected chi connectivity index (χ1v) is 7.30. The second-order valence-electron chi connectivity index (χ2n) is 5.85. The summed E-state index contributed by atoms with van der Waals surface area (Å²) in [6, 6.07) is 4.03. The summed E-state index contributed by atoms with van der Waals surface area (Å²) < 4.78 is 15.6. The first-order valence-electron chi connectivity index (χ1n) is 7.30. The van der Waals surface area contributed by atoms with Crippen molar-refractivity contribution >= 4 is 0 Å². The van der Waals surface area contributed by atoms with Crippen LogP contribution in [0.5, 0.6) is 0 Å². The number of halogens is 1. The van der Waals surface area contributed by atoms with Crippen LogP contribution in [0.3, 0.4) is 0 Å². The highest BCUT2D eigenvalue weighted by Gasteiger charge is 2.16. The fourth-order valence-electron chi connectivity index (χ4n) is 2.93. The molecule has 0 bridgehead atoms. The van der Waals surface area contributed by atoms with Gasteiger partial charge >= 0.3 is 0 Å². The zero-order valence-electron chi connectivity index (χ0n) is 13.7.